The lowest BCUT2D eigenvalue weighted by atomic mass is 9.92. The molecule has 18 heavy (non-hydrogen) atoms. The molecule has 1 saturated heterocycles. The van der Waals surface area contributed by atoms with E-state index >= 15 is 0 Å². The largest absolute Gasteiger partial charge is 0.477 e. The number of hydrogen-bond donors (Lipinski definition) is 2. The fourth-order valence-corrected chi connectivity index (χ4v) is 5.19. The number of aliphatic carboxylic acids is 1. The number of nitrogens with zero attached hydrogens (tertiary/aromatic N) is 1. The third-order valence-corrected chi connectivity index (χ3v) is 5.42. The number of carboxylic acids is 1. The van der Waals surface area contributed by atoms with Gasteiger partial charge in [0.1, 0.15) is 5.37 Å². The molecule has 1 amide bonds. The van der Waals surface area contributed by atoms with Gasteiger partial charge in [-0.3, -0.25) is 9.69 Å². The average Bonchev–Trinajstić information content (AvgIpc) is 2.51. The summed E-state index contributed by atoms with van der Waals surface area (Å²) in [5.74, 6) is -1.86. The Morgan fingerprint density at radius 2 is 2.06 bits per heavy atom. The molecule has 0 spiro atoms. The van der Waals surface area contributed by atoms with Crippen LogP contribution >= 0.6 is 23.5 Å². The molecule has 1 fully saturated rings. The second-order valence-corrected chi connectivity index (χ2v) is 7.56. The quantitative estimate of drug-likeness (QED) is 0.759. The minimum absolute atomic E-state index is 0.0746. The Morgan fingerprint density at radius 1 is 1.44 bits per heavy atom. The van der Waals surface area contributed by atoms with E-state index in [0.29, 0.717) is 4.24 Å². The Morgan fingerprint density at radius 3 is 2.50 bits per heavy atom. The van der Waals surface area contributed by atoms with Crippen LogP contribution in [0.4, 0.5) is 0 Å². The summed E-state index contributed by atoms with van der Waals surface area (Å²) in [6.45, 7) is 5.51. The average molecular weight is 289 g/mol. The Bertz CT molecular complexity index is 433. The smallest absolute Gasteiger partial charge is 0.354 e. The molecule has 5 nitrogen and oxygen atoms in total. The van der Waals surface area contributed by atoms with E-state index in [0.717, 1.165) is 0 Å². The first-order valence-electron chi connectivity index (χ1n) is 5.66. The van der Waals surface area contributed by atoms with Crippen LogP contribution in [0.5, 0.6) is 0 Å². The van der Waals surface area contributed by atoms with E-state index in [2.05, 4.69) is 0 Å². The number of rotatable bonds is 4. The minimum Gasteiger partial charge on any atom is -0.477 e. The molecule has 2 heterocycles. The van der Waals surface area contributed by atoms with Crippen molar-refractivity contribution in [3.63, 3.8) is 0 Å². The molecule has 2 aliphatic rings. The van der Waals surface area contributed by atoms with Gasteiger partial charge >= 0.3 is 5.97 Å². The first kappa shape index (κ1) is 13.8. The van der Waals surface area contributed by atoms with Crippen LogP contribution in [0.1, 0.15) is 20.8 Å². The lowest BCUT2D eigenvalue weighted by Crippen LogP contribution is -2.60. The molecule has 2 N–H and O–H groups in total. The maximum absolute atomic E-state index is 11.9. The van der Waals surface area contributed by atoms with Gasteiger partial charge in [0.15, 0.2) is 5.70 Å². The summed E-state index contributed by atoms with van der Waals surface area (Å²) in [4.78, 5) is 24.4. The number of thioether (sulfide) groups is 2. The van der Waals surface area contributed by atoms with Gasteiger partial charge in [0.2, 0.25) is 5.91 Å². The van der Waals surface area contributed by atoms with Crippen LogP contribution in [-0.2, 0) is 9.59 Å². The van der Waals surface area contributed by atoms with Gasteiger partial charge in [0.05, 0.1) is 16.3 Å². The van der Waals surface area contributed by atoms with Crippen molar-refractivity contribution in [1.29, 1.82) is 0 Å². The first-order valence-corrected chi connectivity index (χ1v) is 7.42. The van der Waals surface area contributed by atoms with Gasteiger partial charge in [0, 0.05) is 5.25 Å². The summed E-state index contributed by atoms with van der Waals surface area (Å²) < 4.78 is 0.666. The number of amides is 1. The molecular formula is C11H15NO4S2. The molecule has 100 valence electrons. The number of hydrogen-bond acceptors (Lipinski definition) is 5. The fraction of sp³-hybridized carbons (Fsp3) is 0.636. The third kappa shape index (κ3) is 2.04. The Kier molecular flexibility index (Phi) is 3.66. The van der Waals surface area contributed by atoms with Crippen molar-refractivity contribution in [3.05, 3.63) is 9.93 Å². The second kappa shape index (κ2) is 4.79. The molecule has 0 aromatic rings. The topological polar surface area (TPSA) is 77.8 Å². The lowest BCUT2D eigenvalue weighted by Gasteiger charge is -2.43. The summed E-state index contributed by atoms with van der Waals surface area (Å²) in [5.41, 5.74) is 0.0746. The molecule has 0 saturated carbocycles. The Labute approximate surface area is 114 Å². The Hall–Kier alpha value is -0.660. The van der Waals surface area contributed by atoms with Crippen LogP contribution in [0.15, 0.2) is 9.93 Å². The highest BCUT2D eigenvalue weighted by Gasteiger charge is 2.57. The molecule has 2 rings (SSSR count). The van der Waals surface area contributed by atoms with Crippen molar-refractivity contribution in [2.24, 2.45) is 5.92 Å². The first-order chi connectivity index (χ1) is 8.34. The van der Waals surface area contributed by atoms with Gasteiger partial charge in [-0.05, 0) is 6.92 Å². The lowest BCUT2D eigenvalue weighted by molar-refractivity contribution is -0.156. The minimum atomic E-state index is -1.08. The number of aliphatic hydroxyl groups is 1. The summed E-state index contributed by atoms with van der Waals surface area (Å²) >= 11 is 2.82. The van der Waals surface area contributed by atoms with Crippen molar-refractivity contribution in [3.8, 4) is 0 Å². The van der Waals surface area contributed by atoms with Gasteiger partial charge in [-0.15, -0.1) is 11.8 Å². The van der Waals surface area contributed by atoms with Crippen molar-refractivity contribution in [1.82, 2.24) is 4.90 Å². The fourth-order valence-electron chi connectivity index (χ4n) is 2.05. The van der Waals surface area contributed by atoms with Crippen LogP contribution < -0.4 is 0 Å². The monoisotopic (exact) mass is 289 g/mol. The van der Waals surface area contributed by atoms with Crippen molar-refractivity contribution in [2.45, 2.75) is 37.5 Å². The Balaban J connectivity index is 2.27. The molecule has 0 radical (unpaired) electrons. The number of carbonyl (C=O) groups excluding carboxylic acids is 1. The summed E-state index contributed by atoms with van der Waals surface area (Å²) in [7, 11) is 0. The van der Waals surface area contributed by atoms with Crippen molar-refractivity contribution < 1.29 is 19.8 Å². The van der Waals surface area contributed by atoms with Crippen molar-refractivity contribution >= 4 is 35.4 Å². The summed E-state index contributed by atoms with van der Waals surface area (Å²) in [6, 6.07) is 0. The predicted molar refractivity (Wildman–Crippen MR) is 70.8 cm³/mol. The van der Waals surface area contributed by atoms with Gasteiger partial charge in [0.25, 0.3) is 0 Å². The highest BCUT2D eigenvalue weighted by atomic mass is 32.2. The molecular weight excluding hydrogens is 274 g/mol. The number of β-lactam (4-membered cyclic amide) rings is 1. The zero-order valence-electron chi connectivity index (χ0n) is 10.3. The summed E-state index contributed by atoms with van der Waals surface area (Å²) in [5, 5.41) is 18.8. The molecule has 0 bridgehead atoms. The highest BCUT2D eigenvalue weighted by Crippen LogP contribution is 2.54. The van der Waals surface area contributed by atoms with Crippen LogP contribution in [0.25, 0.3) is 0 Å². The van der Waals surface area contributed by atoms with E-state index in [4.69, 9.17) is 0 Å². The van der Waals surface area contributed by atoms with Crippen molar-refractivity contribution in [2.75, 3.05) is 0 Å². The molecule has 7 heteroatoms. The second-order valence-electron chi connectivity index (χ2n) is 4.59. The number of aliphatic hydroxyl groups excluding tert-OH is 1. The molecule has 0 unspecified atom stereocenters. The van der Waals surface area contributed by atoms with Crippen LogP contribution in [0.2, 0.25) is 0 Å². The van der Waals surface area contributed by atoms with E-state index in [1.54, 1.807) is 6.92 Å². The number of carbonyl (C=O) groups is 2. The van der Waals surface area contributed by atoms with E-state index < -0.39 is 18.0 Å². The number of fused-ring (bicyclic) bond motifs is 1. The third-order valence-electron chi connectivity index (χ3n) is 2.81. The molecule has 0 aromatic heterocycles. The molecule has 3 atom stereocenters. The van der Waals surface area contributed by atoms with E-state index in [1.807, 2.05) is 13.8 Å². The zero-order valence-corrected chi connectivity index (χ0v) is 11.9. The predicted octanol–water partition coefficient (Wildman–Crippen LogP) is 1.29. The zero-order chi connectivity index (χ0) is 13.6. The van der Waals surface area contributed by atoms with Gasteiger partial charge in [-0.1, -0.05) is 25.6 Å². The molecule has 0 aliphatic carbocycles. The standard InChI is InChI=1S/C11H15NO4S2/c1-4(2)17-11-7(10(15)16)12-8(14)6(5(3)13)9(12)18-11/h4-6,9,13H,1-3H3,(H,15,16)/t5-,6+,9-/m1/s1. The number of carboxylic acid groups (broad SMARTS) is 1. The highest BCUT2D eigenvalue weighted by molar-refractivity contribution is 8.23. The maximum Gasteiger partial charge on any atom is 0.354 e. The normalized spacial score (nSPS) is 28.5. The van der Waals surface area contributed by atoms with E-state index in [-0.39, 0.29) is 22.2 Å². The van der Waals surface area contributed by atoms with Crippen LogP contribution in [0, 0.1) is 5.92 Å². The van der Waals surface area contributed by atoms with Gasteiger partial charge < -0.3 is 10.2 Å². The SMILES string of the molecule is CC(C)SC1=C(C(=O)O)N2C(=O)[C@H]([C@@H](C)O)[C@H]2S1. The maximum atomic E-state index is 11.9. The summed E-state index contributed by atoms with van der Waals surface area (Å²) in [6.07, 6.45) is -0.746. The van der Waals surface area contributed by atoms with Crippen LogP contribution in [-0.4, -0.2) is 43.7 Å². The van der Waals surface area contributed by atoms with Gasteiger partial charge in [-0.25, -0.2) is 4.79 Å². The molecule has 0 aromatic carbocycles. The molecule has 2 aliphatic heterocycles. The van der Waals surface area contributed by atoms with E-state index in [9.17, 15) is 19.8 Å². The van der Waals surface area contributed by atoms with E-state index in [1.165, 1.54) is 28.4 Å². The van der Waals surface area contributed by atoms with Gasteiger partial charge in [-0.2, -0.15) is 0 Å². The van der Waals surface area contributed by atoms with Crippen LogP contribution in [0.3, 0.4) is 0 Å².